The van der Waals surface area contributed by atoms with E-state index in [1.165, 1.54) is 0 Å². The molecule has 0 aliphatic carbocycles. The zero-order valence-corrected chi connectivity index (χ0v) is 15.2. The molecule has 0 spiro atoms. The van der Waals surface area contributed by atoms with Crippen LogP contribution in [-0.2, 0) is 4.74 Å². The molecule has 1 aromatic carbocycles. The van der Waals surface area contributed by atoms with Crippen LogP contribution in [0.25, 0.3) is 11.3 Å². The highest BCUT2D eigenvalue weighted by Gasteiger charge is 2.31. The average molecular weight is 357 g/mol. The molecule has 0 saturated carbocycles. The van der Waals surface area contributed by atoms with E-state index in [4.69, 9.17) is 13.9 Å². The molecule has 6 heteroatoms. The van der Waals surface area contributed by atoms with Crippen molar-refractivity contribution in [3.63, 3.8) is 0 Å². The van der Waals surface area contributed by atoms with Crippen LogP contribution in [0.4, 0.5) is 4.79 Å². The van der Waals surface area contributed by atoms with Crippen molar-refractivity contribution < 1.29 is 23.5 Å². The fourth-order valence-corrected chi connectivity index (χ4v) is 2.83. The van der Waals surface area contributed by atoms with E-state index >= 15 is 0 Å². The molecule has 0 bridgehead atoms. The first-order chi connectivity index (χ1) is 12.4. The highest BCUT2D eigenvalue weighted by atomic mass is 16.6. The van der Waals surface area contributed by atoms with Crippen molar-refractivity contribution in [1.29, 1.82) is 0 Å². The summed E-state index contributed by atoms with van der Waals surface area (Å²) in [6.45, 7) is 6.62. The van der Waals surface area contributed by atoms with E-state index in [1.807, 2.05) is 45.0 Å². The molecule has 138 valence electrons. The molecule has 6 nitrogen and oxygen atoms in total. The maximum Gasteiger partial charge on any atom is 0.410 e. The van der Waals surface area contributed by atoms with Crippen molar-refractivity contribution in [3.8, 4) is 17.1 Å². The molecular formula is C20H23NO5. The summed E-state index contributed by atoms with van der Waals surface area (Å²) in [5, 5.41) is 0. The Labute approximate surface area is 152 Å². The van der Waals surface area contributed by atoms with Gasteiger partial charge in [-0.1, -0.05) is 12.1 Å². The number of para-hydroxylation sites is 1. The standard InChI is InChI=1S/C20H23NO5/c1-20(2,3)26-19(23)21-11-10-14(12-21)24-17-7-5-4-6-16(17)18-9-8-15(13-22)25-18/h4-9,13-14H,10-12H2,1-3H3. The lowest BCUT2D eigenvalue weighted by Crippen LogP contribution is -2.36. The van der Waals surface area contributed by atoms with Crippen LogP contribution < -0.4 is 4.74 Å². The van der Waals surface area contributed by atoms with Crippen molar-refractivity contribution in [2.45, 2.75) is 38.9 Å². The second kappa shape index (κ2) is 7.23. The molecule has 1 fully saturated rings. The summed E-state index contributed by atoms with van der Waals surface area (Å²) < 4.78 is 17.0. The molecule has 1 aliphatic heterocycles. The highest BCUT2D eigenvalue weighted by molar-refractivity contribution is 5.74. The zero-order valence-electron chi connectivity index (χ0n) is 15.2. The fraction of sp³-hybridized carbons (Fsp3) is 0.400. The van der Waals surface area contributed by atoms with E-state index in [0.717, 1.165) is 12.0 Å². The van der Waals surface area contributed by atoms with Gasteiger partial charge in [0.1, 0.15) is 23.2 Å². The van der Waals surface area contributed by atoms with Crippen molar-refractivity contribution in [2.24, 2.45) is 0 Å². The SMILES string of the molecule is CC(C)(C)OC(=O)N1CCC(Oc2ccccc2-c2ccc(C=O)o2)C1. The van der Waals surface area contributed by atoms with Crippen LogP contribution in [0.15, 0.2) is 40.8 Å². The van der Waals surface area contributed by atoms with E-state index in [1.54, 1.807) is 17.0 Å². The van der Waals surface area contributed by atoms with E-state index in [2.05, 4.69) is 0 Å². The Morgan fingerprint density at radius 1 is 1.23 bits per heavy atom. The lowest BCUT2D eigenvalue weighted by molar-refractivity contribution is 0.0275. The van der Waals surface area contributed by atoms with Gasteiger partial charge in [0.25, 0.3) is 0 Å². The Balaban J connectivity index is 1.69. The van der Waals surface area contributed by atoms with E-state index in [-0.39, 0.29) is 18.0 Å². The summed E-state index contributed by atoms with van der Waals surface area (Å²) in [5.41, 5.74) is 0.259. The maximum atomic E-state index is 12.2. The van der Waals surface area contributed by atoms with Gasteiger partial charge in [-0.3, -0.25) is 4.79 Å². The van der Waals surface area contributed by atoms with Gasteiger partial charge >= 0.3 is 6.09 Å². The van der Waals surface area contributed by atoms with Crippen LogP contribution in [0.3, 0.4) is 0 Å². The van der Waals surface area contributed by atoms with Crippen molar-refractivity contribution in [2.75, 3.05) is 13.1 Å². The van der Waals surface area contributed by atoms with Gasteiger partial charge in [0, 0.05) is 13.0 Å². The van der Waals surface area contributed by atoms with Gasteiger partial charge < -0.3 is 18.8 Å². The van der Waals surface area contributed by atoms with Crippen LogP contribution in [0.1, 0.15) is 37.7 Å². The third-order valence-corrected chi connectivity index (χ3v) is 3.99. The van der Waals surface area contributed by atoms with Gasteiger partial charge in [-0.2, -0.15) is 0 Å². The van der Waals surface area contributed by atoms with Crippen molar-refractivity contribution in [3.05, 3.63) is 42.2 Å². The lowest BCUT2D eigenvalue weighted by atomic mass is 10.1. The summed E-state index contributed by atoms with van der Waals surface area (Å²) in [5.74, 6) is 1.51. The van der Waals surface area contributed by atoms with Gasteiger partial charge in [-0.25, -0.2) is 4.79 Å². The van der Waals surface area contributed by atoms with Crippen molar-refractivity contribution >= 4 is 12.4 Å². The van der Waals surface area contributed by atoms with Crippen LogP contribution in [0.2, 0.25) is 0 Å². The van der Waals surface area contributed by atoms with Crippen LogP contribution >= 0.6 is 0 Å². The normalized spacial score (nSPS) is 17.2. The predicted octanol–water partition coefficient (Wildman–Crippen LogP) is 4.15. The summed E-state index contributed by atoms with van der Waals surface area (Å²) in [6, 6.07) is 10.9. The molecule has 1 aromatic heterocycles. The number of furan rings is 1. The third-order valence-electron chi connectivity index (χ3n) is 3.99. The fourth-order valence-electron chi connectivity index (χ4n) is 2.83. The number of rotatable bonds is 4. The van der Waals surface area contributed by atoms with Crippen LogP contribution in [0.5, 0.6) is 5.75 Å². The minimum atomic E-state index is -0.516. The second-order valence-electron chi connectivity index (χ2n) is 7.27. The summed E-state index contributed by atoms with van der Waals surface area (Å²) in [4.78, 5) is 24.7. The number of carbonyl (C=O) groups excluding carboxylic acids is 2. The number of nitrogens with zero attached hydrogens (tertiary/aromatic N) is 1. The Morgan fingerprint density at radius 3 is 2.69 bits per heavy atom. The number of benzene rings is 1. The topological polar surface area (TPSA) is 69.0 Å². The second-order valence-corrected chi connectivity index (χ2v) is 7.27. The summed E-state index contributed by atoms with van der Waals surface area (Å²) in [7, 11) is 0. The van der Waals surface area contributed by atoms with Crippen LogP contribution in [0, 0.1) is 0 Å². The van der Waals surface area contributed by atoms with Crippen LogP contribution in [-0.4, -0.2) is 42.1 Å². The monoisotopic (exact) mass is 357 g/mol. The molecule has 2 aromatic rings. The molecule has 1 unspecified atom stereocenters. The lowest BCUT2D eigenvalue weighted by Gasteiger charge is -2.24. The van der Waals surface area contributed by atoms with Gasteiger partial charge in [-0.05, 0) is 45.0 Å². The molecule has 3 rings (SSSR count). The first-order valence-corrected chi connectivity index (χ1v) is 8.65. The van der Waals surface area contributed by atoms with E-state index in [9.17, 15) is 9.59 Å². The highest BCUT2D eigenvalue weighted by Crippen LogP contribution is 2.32. The largest absolute Gasteiger partial charge is 0.488 e. The van der Waals surface area contributed by atoms with Gasteiger partial charge in [-0.15, -0.1) is 0 Å². The predicted molar refractivity (Wildman–Crippen MR) is 96.4 cm³/mol. The molecule has 1 amide bonds. The van der Waals surface area contributed by atoms with Gasteiger partial charge in [0.2, 0.25) is 0 Å². The molecule has 26 heavy (non-hydrogen) atoms. The van der Waals surface area contributed by atoms with E-state index in [0.29, 0.717) is 30.9 Å². The summed E-state index contributed by atoms with van der Waals surface area (Å²) in [6.07, 6.45) is 0.955. The third kappa shape index (κ3) is 4.25. The molecule has 1 saturated heterocycles. The quantitative estimate of drug-likeness (QED) is 0.769. The number of carbonyl (C=O) groups is 2. The Bertz CT molecular complexity index is 789. The average Bonchev–Trinajstić information content (AvgIpc) is 3.23. The zero-order chi connectivity index (χ0) is 18.7. The number of amides is 1. The Morgan fingerprint density at radius 2 is 2.00 bits per heavy atom. The number of ether oxygens (including phenoxy) is 2. The molecular weight excluding hydrogens is 334 g/mol. The number of likely N-dealkylation sites (tertiary alicyclic amines) is 1. The molecule has 0 N–H and O–H groups in total. The van der Waals surface area contributed by atoms with Gasteiger partial charge in [0.15, 0.2) is 12.0 Å². The first kappa shape index (κ1) is 18.0. The smallest absolute Gasteiger partial charge is 0.410 e. The molecule has 2 heterocycles. The molecule has 0 radical (unpaired) electrons. The maximum absolute atomic E-state index is 12.2. The first-order valence-electron chi connectivity index (χ1n) is 8.65. The molecule has 1 aliphatic rings. The number of aldehydes is 1. The molecule has 1 atom stereocenters. The Hall–Kier alpha value is -2.76. The van der Waals surface area contributed by atoms with E-state index < -0.39 is 5.60 Å². The van der Waals surface area contributed by atoms with Crippen molar-refractivity contribution in [1.82, 2.24) is 4.90 Å². The minimum absolute atomic E-state index is 0.121. The number of hydrogen-bond donors (Lipinski definition) is 0. The summed E-state index contributed by atoms with van der Waals surface area (Å²) >= 11 is 0. The number of hydrogen-bond acceptors (Lipinski definition) is 5. The Kier molecular flexibility index (Phi) is 5.02. The minimum Gasteiger partial charge on any atom is -0.488 e. The van der Waals surface area contributed by atoms with Gasteiger partial charge in [0.05, 0.1) is 12.1 Å².